The van der Waals surface area contributed by atoms with Crippen molar-refractivity contribution in [3.63, 3.8) is 0 Å². The number of hydrogen-bond donors (Lipinski definition) is 1. The molecule has 2 rings (SSSR count). The predicted molar refractivity (Wildman–Crippen MR) is 73.5 cm³/mol. The molecule has 21 heavy (non-hydrogen) atoms. The van der Waals surface area contributed by atoms with Gasteiger partial charge in [0.05, 0.1) is 17.7 Å². The van der Waals surface area contributed by atoms with Gasteiger partial charge >= 0.3 is 5.97 Å². The number of aromatic nitrogens is 1. The molecule has 0 saturated carbocycles. The van der Waals surface area contributed by atoms with Crippen molar-refractivity contribution in [2.24, 2.45) is 0 Å². The maximum Gasteiger partial charge on any atom is 0.354 e. The van der Waals surface area contributed by atoms with Crippen molar-refractivity contribution < 1.29 is 19.6 Å². The van der Waals surface area contributed by atoms with E-state index in [2.05, 4.69) is 4.98 Å². The lowest BCUT2D eigenvalue weighted by Crippen LogP contribution is -2.03. The number of carbonyl (C=O) groups is 1. The van der Waals surface area contributed by atoms with Crippen molar-refractivity contribution in [1.82, 2.24) is 4.98 Å². The Bertz CT molecular complexity index is 580. The van der Waals surface area contributed by atoms with Crippen molar-refractivity contribution >= 4 is 11.7 Å². The number of nitrogens with zero attached hydrogens (tertiary/aromatic N) is 2. The maximum atomic E-state index is 10.6. The number of carboxylic acids is 1. The van der Waals surface area contributed by atoms with Crippen LogP contribution in [-0.4, -0.2) is 27.6 Å². The molecule has 0 bridgehead atoms. The lowest BCUT2D eigenvalue weighted by Gasteiger charge is -2.06. The normalized spacial score (nSPS) is 10.1. The summed E-state index contributed by atoms with van der Waals surface area (Å²) in [5.41, 5.74) is 0.918. The number of carboxylic acid groups (broad SMARTS) is 1. The molecular formula is C14H12N2O5. The van der Waals surface area contributed by atoms with Gasteiger partial charge in [-0.2, -0.15) is 0 Å². The first kappa shape index (κ1) is 14.4. The molecule has 108 valence electrons. The summed E-state index contributed by atoms with van der Waals surface area (Å²) in [6.45, 7) is 0.367. The van der Waals surface area contributed by atoms with Crippen LogP contribution in [0.2, 0.25) is 0 Å². The molecule has 0 saturated heterocycles. The van der Waals surface area contributed by atoms with E-state index in [-0.39, 0.29) is 11.4 Å². The Balaban J connectivity index is 1.86. The highest BCUT2D eigenvalue weighted by atomic mass is 16.6. The van der Waals surface area contributed by atoms with Gasteiger partial charge < -0.3 is 9.84 Å². The molecule has 7 nitrogen and oxygen atoms in total. The molecule has 1 N–H and O–H groups in total. The van der Waals surface area contributed by atoms with E-state index in [4.69, 9.17) is 9.84 Å². The molecular weight excluding hydrogens is 276 g/mol. The molecule has 1 aromatic heterocycles. The lowest BCUT2D eigenvalue weighted by molar-refractivity contribution is -0.384. The zero-order chi connectivity index (χ0) is 15.2. The zero-order valence-electron chi connectivity index (χ0n) is 10.9. The highest BCUT2D eigenvalue weighted by molar-refractivity contribution is 5.85. The van der Waals surface area contributed by atoms with Crippen LogP contribution in [0.4, 0.5) is 5.69 Å². The Morgan fingerprint density at radius 2 is 1.95 bits per heavy atom. The summed E-state index contributed by atoms with van der Waals surface area (Å²) in [6.07, 6.45) is 1.93. The number of benzene rings is 1. The molecule has 0 aliphatic rings. The van der Waals surface area contributed by atoms with E-state index in [9.17, 15) is 14.9 Å². The summed E-state index contributed by atoms with van der Waals surface area (Å²) in [4.78, 5) is 24.4. The first-order valence-corrected chi connectivity index (χ1v) is 6.12. The minimum atomic E-state index is -1.09. The summed E-state index contributed by atoms with van der Waals surface area (Å²) in [5, 5.41) is 19.2. The van der Waals surface area contributed by atoms with E-state index in [0.29, 0.717) is 18.8 Å². The standard InChI is InChI=1S/C14H12N2O5/c17-14(18)13-6-5-12(9-15-13)21-8-7-10-1-3-11(4-2-10)16(19)20/h1-6,9H,7-8H2,(H,17,18). The topological polar surface area (TPSA) is 103 Å². The van der Waals surface area contributed by atoms with Crippen LogP contribution in [0.15, 0.2) is 42.6 Å². The van der Waals surface area contributed by atoms with Crippen LogP contribution in [0.5, 0.6) is 5.75 Å². The number of hydrogen-bond acceptors (Lipinski definition) is 5. The number of nitro benzene ring substituents is 1. The summed E-state index contributed by atoms with van der Waals surface area (Å²) in [6, 6.07) is 9.13. The highest BCUT2D eigenvalue weighted by Crippen LogP contribution is 2.13. The van der Waals surface area contributed by atoms with E-state index < -0.39 is 10.9 Å². The van der Waals surface area contributed by atoms with E-state index in [0.717, 1.165) is 5.56 Å². The number of aromatic carboxylic acids is 1. The highest BCUT2D eigenvalue weighted by Gasteiger charge is 2.05. The van der Waals surface area contributed by atoms with Crippen LogP contribution < -0.4 is 4.74 Å². The van der Waals surface area contributed by atoms with Crippen molar-refractivity contribution in [3.05, 3.63) is 64.0 Å². The second-order valence-corrected chi connectivity index (χ2v) is 4.21. The molecule has 0 fully saturated rings. The number of ether oxygens (including phenoxy) is 1. The minimum Gasteiger partial charge on any atom is -0.492 e. The van der Waals surface area contributed by atoms with E-state index in [1.54, 1.807) is 12.1 Å². The third kappa shape index (κ3) is 4.00. The zero-order valence-corrected chi connectivity index (χ0v) is 10.9. The molecule has 1 heterocycles. The van der Waals surface area contributed by atoms with Crippen LogP contribution in [-0.2, 0) is 6.42 Å². The summed E-state index contributed by atoms with van der Waals surface area (Å²) in [5.74, 6) is -0.616. The quantitative estimate of drug-likeness (QED) is 0.646. The van der Waals surface area contributed by atoms with Crippen LogP contribution in [0.25, 0.3) is 0 Å². The number of nitro groups is 1. The van der Waals surface area contributed by atoms with Crippen molar-refractivity contribution in [2.45, 2.75) is 6.42 Å². The lowest BCUT2D eigenvalue weighted by atomic mass is 10.1. The Morgan fingerprint density at radius 1 is 1.24 bits per heavy atom. The van der Waals surface area contributed by atoms with Crippen LogP contribution in [0.1, 0.15) is 16.1 Å². The molecule has 0 unspecified atom stereocenters. The Morgan fingerprint density at radius 3 is 2.48 bits per heavy atom. The average molecular weight is 288 g/mol. The van der Waals surface area contributed by atoms with Gasteiger partial charge in [0.25, 0.3) is 5.69 Å². The number of rotatable bonds is 6. The fourth-order valence-electron chi connectivity index (χ4n) is 1.66. The van der Waals surface area contributed by atoms with Crippen molar-refractivity contribution in [2.75, 3.05) is 6.61 Å². The van der Waals surface area contributed by atoms with E-state index in [1.165, 1.54) is 30.5 Å². The van der Waals surface area contributed by atoms with Crippen molar-refractivity contribution in [1.29, 1.82) is 0 Å². The van der Waals surface area contributed by atoms with Gasteiger partial charge in [-0.05, 0) is 17.7 Å². The van der Waals surface area contributed by atoms with Gasteiger partial charge in [0.2, 0.25) is 0 Å². The SMILES string of the molecule is O=C(O)c1ccc(OCCc2ccc([N+](=O)[O-])cc2)cn1. The first-order chi connectivity index (χ1) is 10.1. The second-order valence-electron chi connectivity index (χ2n) is 4.21. The third-order valence-corrected chi connectivity index (χ3v) is 2.76. The van der Waals surface area contributed by atoms with E-state index >= 15 is 0 Å². The Kier molecular flexibility index (Phi) is 4.45. The van der Waals surface area contributed by atoms with Gasteiger partial charge in [0.1, 0.15) is 11.4 Å². The largest absolute Gasteiger partial charge is 0.492 e. The number of non-ortho nitro benzene ring substituents is 1. The maximum absolute atomic E-state index is 10.6. The second kappa shape index (κ2) is 6.47. The van der Waals surface area contributed by atoms with Crippen molar-refractivity contribution in [3.8, 4) is 5.75 Å². The third-order valence-electron chi connectivity index (χ3n) is 2.76. The van der Waals surface area contributed by atoms with Gasteiger partial charge in [0, 0.05) is 18.6 Å². The van der Waals surface area contributed by atoms with Crippen LogP contribution in [0, 0.1) is 10.1 Å². The fraction of sp³-hybridized carbons (Fsp3) is 0.143. The summed E-state index contributed by atoms with van der Waals surface area (Å²) < 4.78 is 5.43. The van der Waals surface area contributed by atoms with Crippen LogP contribution >= 0.6 is 0 Å². The molecule has 1 aromatic carbocycles. The van der Waals surface area contributed by atoms with E-state index in [1.807, 2.05) is 0 Å². The molecule has 2 aromatic rings. The van der Waals surface area contributed by atoms with Gasteiger partial charge in [-0.25, -0.2) is 9.78 Å². The fourth-order valence-corrected chi connectivity index (χ4v) is 1.66. The van der Waals surface area contributed by atoms with Gasteiger partial charge in [0.15, 0.2) is 0 Å². The van der Waals surface area contributed by atoms with Gasteiger partial charge in [-0.3, -0.25) is 10.1 Å². The molecule has 7 heteroatoms. The summed E-state index contributed by atoms with van der Waals surface area (Å²) in [7, 11) is 0. The molecule has 0 aliphatic heterocycles. The molecule has 0 radical (unpaired) electrons. The first-order valence-electron chi connectivity index (χ1n) is 6.12. The van der Waals surface area contributed by atoms with Gasteiger partial charge in [-0.15, -0.1) is 0 Å². The average Bonchev–Trinajstić information content (AvgIpc) is 2.48. The smallest absolute Gasteiger partial charge is 0.354 e. The predicted octanol–water partition coefficient (Wildman–Crippen LogP) is 2.31. The molecule has 0 amide bonds. The molecule has 0 atom stereocenters. The monoisotopic (exact) mass is 288 g/mol. The van der Waals surface area contributed by atoms with Gasteiger partial charge in [-0.1, -0.05) is 12.1 Å². The number of pyridine rings is 1. The van der Waals surface area contributed by atoms with Crippen LogP contribution in [0.3, 0.4) is 0 Å². The minimum absolute atomic E-state index is 0.0438. The molecule has 0 aliphatic carbocycles. The Labute approximate surface area is 120 Å². The summed E-state index contributed by atoms with van der Waals surface area (Å²) >= 11 is 0. The Hall–Kier alpha value is -2.96. The molecule has 0 spiro atoms.